The van der Waals surface area contributed by atoms with Crippen LogP contribution in [-0.2, 0) is 27.2 Å². The summed E-state index contributed by atoms with van der Waals surface area (Å²) in [6, 6.07) is 3.99. The maximum absolute atomic E-state index is 14.9. The second-order valence-electron chi connectivity index (χ2n) is 11.9. The van der Waals surface area contributed by atoms with E-state index >= 15 is 0 Å². The van der Waals surface area contributed by atoms with Gasteiger partial charge in [0.15, 0.2) is 29.0 Å². The number of hydrogen-bond acceptors (Lipinski definition) is 9. The molecule has 0 aliphatic carbocycles. The number of amides is 3. The number of ether oxygens (including phenoxy) is 1. The third-order valence-electron chi connectivity index (χ3n) is 7.68. The zero-order chi connectivity index (χ0) is 34.8. The Balaban J connectivity index is 1.65. The van der Waals surface area contributed by atoms with E-state index in [1.54, 1.807) is 39.0 Å². The molecule has 4 rings (SSSR count). The van der Waals surface area contributed by atoms with E-state index in [9.17, 15) is 32.7 Å². The summed E-state index contributed by atoms with van der Waals surface area (Å²) < 4.78 is 49.2. The van der Waals surface area contributed by atoms with E-state index in [0.717, 1.165) is 12.1 Å². The molecule has 1 aliphatic heterocycles. The fraction of sp³-hybridized carbons (Fsp3) is 0.424. The van der Waals surface area contributed by atoms with Gasteiger partial charge in [-0.1, -0.05) is 26.0 Å². The van der Waals surface area contributed by atoms with Crippen LogP contribution in [0.2, 0.25) is 0 Å². The van der Waals surface area contributed by atoms with Crippen molar-refractivity contribution in [2.45, 2.75) is 64.2 Å². The van der Waals surface area contributed by atoms with Crippen LogP contribution in [0.3, 0.4) is 0 Å². The Morgan fingerprint density at radius 2 is 1.67 bits per heavy atom. The van der Waals surface area contributed by atoms with Gasteiger partial charge in [-0.05, 0) is 67.5 Å². The number of carbonyl (C=O) groups is 3. The van der Waals surface area contributed by atoms with Crippen molar-refractivity contribution in [1.29, 1.82) is 0 Å². The Hall–Kier alpha value is -4.92. The average molecular weight is 672 g/mol. The number of anilines is 1. The second kappa shape index (κ2) is 16.8. The first-order valence-corrected chi connectivity index (χ1v) is 15.6. The van der Waals surface area contributed by atoms with Crippen molar-refractivity contribution in [1.82, 2.24) is 31.2 Å². The van der Waals surface area contributed by atoms with Crippen LogP contribution in [0.1, 0.15) is 38.3 Å². The Morgan fingerprint density at radius 3 is 2.35 bits per heavy atom. The summed E-state index contributed by atoms with van der Waals surface area (Å²) in [5.74, 6) is -6.16. The highest BCUT2D eigenvalue weighted by Crippen LogP contribution is 2.25. The number of carbonyl (C=O) groups excluding carboxylic acids is 3. The van der Waals surface area contributed by atoms with E-state index in [-0.39, 0.29) is 43.4 Å². The van der Waals surface area contributed by atoms with Crippen molar-refractivity contribution in [2.24, 2.45) is 5.92 Å². The van der Waals surface area contributed by atoms with Gasteiger partial charge >= 0.3 is 0 Å². The minimum Gasteiger partial charge on any atom is -0.503 e. The largest absolute Gasteiger partial charge is 0.503 e. The Labute approximate surface area is 276 Å². The lowest BCUT2D eigenvalue weighted by molar-refractivity contribution is -0.133. The van der Waals surface area contributed by atoms with Crippen LogP contribution in [0.25, 0.3) is 0 Å². The molecule has 0 bridgehead atoms. The molecule has 2 heterocycles. The maximum Gasteiger partial charge on any atom is 0.244 e. The predicted octanol–water partition coefficient (Wildman–Crippen LogP) is 2.37. The van der Waals surface area contributed by atoms with Crippen LogP contribution >= 0.6 is 0 Å². The minimum absolute atomic E-state index is 0.0272. The molecule has 2 aromatic carbocycles. The van der Waals surface area contributed by atoms with Gasteiger partial charge in [-0.25, -0.2) is 23.1 Å². The van der Waals surface area contributed by atoms with E-state index in [4.69, 9.17) is 4.74 Å². The molecule has 15 heteroatoms. The number of nitrogens with zero attached hydrogens (tertiary/aromatic N) is 2. The number of benzene rings is 2. The number of rotatable bonds is 6. The van der Waals surface area contributed by atoms with E-state index < -0.39 is 71.0 Å². The summed E-state index contributed by atoms with van der Waals surface area (Å²) >= 11 is 0. The molecule has 4 atom stereocenters. The van der Waals surface area contributed by atoms with Gasteiger partial charge in [-0.15, -0.1) is 0 Å². The second-order valence-corrected chi connectivity index (χ2v) is 11.9. The van der Waals surface area contributed by atoms with Crippen molar-refractivity contribution in [3.05, 3.63) is 77.4 Å². The lowest BCUT2D eigenvalue weighted by Gasteiger charge is -2.29. The maximum atomic E-state index is 14.9. The number of para-hydroxylation sites is 1. The molecule has 3 aromatic rings. The molecule has 0 fully saturated rings. The Bertz CT molecular complexity index is 1560. The smallest absolute Gasteiger partial charge is 0.244 e. The van der Waals surface area contributed by atoms with Crippen molar-refractivity contribution in [3.63, 3.8) is 0 Å². The average Bonchev–Trinajstić information content (AvgIpc) is 3.05. The van der Waals surface area contributed by atoms with Gasteiger partial charge in [-0.2, -0.15) is 0 Å². The van der Waals surface area contributed by atoms with Gasteiger partial charge in [0, 0.05) is 31.5 Å². The van der Waals surface area contributed by atoms with E-state index in [0.29, 0.717) is 18.4 Å². The highest BCUT2D eigenvalue weighted by molar-refractivity contribution is 5.93. The molecule has 12 nitrogen and oxygen atoms in total. The summed E-state index contributed by atoms with van der Waals surface area (Å²) in [7, 11) is 0. The third-order valence-corrected chi connectivity index (χ3v) is 7.68. The number of phenolic OH excluding ortho intramolecular Hbond substituents is 1. The molecule has 0 saturated heterocycles. The van der Waals surface area contributed by atoms with Crippen LogP contribution in [0.15, 0.2) is 48.8 Å². The predicted molar refractivity (Wildman–Crippen MR) is 171 cm³/mol. The Kier molecular flexibility index (Phi) is 12.5. The number of halogens is 3. The first-order valence-electron chi connectivity index (χ1n) is 15.6. The van der Waals surface area contributed by atoms with Gasteiger partial charge in [-0.3, -0.25) is 19.7 Å². The minimum atomic E-state index is -1.20. The van der Waals surface area contributed by atoms with Crippen molar-refractivity contribution >= 4 is 23.7 Å². The Morgan fingerprint density at radius 1 is 0.958 bits per heavy atom. The van der Waals surface area contributed by atoms with Gasteiger partial charge in [0.2, 0.25) is 23.7 Å². The number of aryl methyl sites for hydroxylation is 1. The molecule has 48 heavy (non-hydrogen) atoms. The lowest BCUT2D eigenvalue weighted by atomic mass is 10.00. The number of aromatic hydroxyl groups is 1. The molecule has 3 amide bonds. The van der Waals surface area contributed by atoms with Crippen molar-refractivity contribution in [2.75, 3.05) is 25.0 Å². The number of fused-ring (bicyclic) bond motifs is 1. The van der Waals surface area contributed by atoms with Crippen LogP contribution in [0, 0.1) is 23.4 Å². The molecule has 0 saturated carbocycles. The fourth-order valence-electron chi connectivity index (χ4n) is 5.17. The number of hydrogen-bond donors (Lipinski definition) is 6. The van der Waals surface area contributed by atoms with Crippen LogP contribution in [0.5, 0.6) is 11.5 Å². The molecule has 0 radical (unpaired) electrons. The number of aromatic nitrogens is 2. The summed E-state index contributed by atoms with van der Waals surface area (Å²) in [6.07, 6.45) is 3.58. The lowest BCUT2D eigenvalue weighted by Crippen LogP contribution is -2.60. The van der Waals surface area contributed by atoms with Crippen LogP contribution in [0.4, 0.5) is 19.1 Å². The normalized spacial score (nSPS) is 21.5. The monoisotopic (exact) mass is 671 g/mol. The van der Waals surface area contributed by atoms with Crippen LogP contribution < -0.4 is 31.3 Å². The first kappa shape index (κ1) is 35.9. The van der Waals surface area contributed by atoms with Gasteiger partial charge < -0.3 is 31.1 Å². The molecule has 0 spiro atoms. The van der Waals surface area contributed by atoms with E-state index in [1.807, 2.05) is 0 Å². The molecule has 1 aliphatic rings. The molecule has 0 unspecified atom stereocenters. The van der Waals surface area contributed by atoms with Crippen molar-refractivity contribution < 1.29 is 37.4 Å². The number of nitrogens with one attached hydrogen (secondary N) is 5. The molecular formula is C33H40F3N7O5. The summed E-state index contributed by atoms with van der Waals surface area (Å²) in [5.41, 5.74) is 0.619. The SMILES string of the molecule is CC(C)[C@H]1NC(=O)[C@@H](Cc2cc(F)c(O)c(F)c2)N[C@@H](C)COc2c(F)cccc2CCCNC(=O)[C@H](CNc2ncccn2)NC1=O. The van der Waals surface area contributed by atoms with Gasteiger partial charge in [0.05, 0.1) is 6.04 Å². The standard InChI is InChI=1S/C33H40F3N7O5/c1-18(2)27-32(47)42-26(16-40-33-38-11-6-12-39-33)30(45)37-10-5-8-21-7-4-9-22(34)29(21)48-17-19(3)41-25(31(46)43-27)15-20-13-23(35)28(44)24(36)14-20/h4,6-7,9,11-14,18-19,25-27,41,44H,5,8,10,15-17H2,1-3H3,(H,37,45)(H,42,47)(H,43,46)(H,38,39,40)/t19-,25+,26-,27+/m0/s1. The first-order chi connectivity index (χ1) is 22.9. The molecule has 6 N–H and O–H groups in total. The molecule has 258 valence electrons. The third kappa shape index (κ3) is 9.80. The summed E-state index contributed by atoms with van der Waals surface area (Å²) in [4.78, 5) is 48.9. The van der Waals surface area contributed by atoms with E-state index in [2.05, 4.69) is 36.6 Å². The van der Waals surface area contributed by atoms with E-state index in [1.165, 1.54) is 18.5 Å². The zero-order valence-electron chi connectivity index (χ0n) is 26.9. The summed E-state index contributed by atoms with van der Waals surface area (Å²) in [6.45, 7) is 5.15. The highest BCUT2D eigenvalue weighted by Gasteiger charge is 2.32. The van der Waals surface area contributed by atoms with Gasteiger partial charge in [0.25, 0.3) is 0 Å². The topological polar surface area (TPSA) is 167 Å². The summed E-state index contributed by atoms with van der Waals surface area (Å²) in [5, 5.41) is 23.8. The molecular weight excluding hydrogens is 631 g/mol. The van der Waals surface area contributed by atoms with Gasteiger partial charge in [0.1, 0.15) is 18.7 Å². The molecule has 1 aromatic heterocycles. The number of phenols is 1. The van der Waals surface area contributed by atoms with Crippen LogP contribution in [-0.4, -0.2) is 76.7 Å². The van der Waals surface area contributed by atoms with Crippen molar-refractivity contribution in [3.8, 4) is 11.5 Å². The fourth-order valence-corrected chi connectivity index (χ4v) is 5.17. The zero-order valence-corrected chi connectivity index (χ0v) is 26.9. The highest BCUT2D eigenvalue weighted by atomic mass is 19.1. The quantitative estimate of drug-likeness (QED) is 0.231.